The van der Waals surface area contributed by atoms with Crippen LogP contribution in [0.4, 0.5) is 0 Å². The van der Waals surface area contributed by atoms with Crippen LogP contribution in [0.3, 0.4) is 0 Å². The van der Waals surface area contributed by atoms with Crippen LogP contribution in [-0.2, 0) is 0 Å². The molecule has 0 saturated carbocycles. The average Bonchev–Trinajstić information content (AvgIpc) is 2.07. The van der Waals surface area contributed by atoms with Gasteiger partial charge in [0.15, 0.2) is 0 Å². The third-order valence-electron chi connectivity index (χ3n) is 3.12. The molecule has 2 nitrogen and oxygen atoms in total. The van der Waals surface area contributed by atoms with E-state index in [-0.39, 0.29) is 11.5 Å². The lowest BCUT2D eigenvalue weighted by Gasteiger charge is -2.45. The minimum Gasteiger partial charge on any atom is -0.298 e. The molecule has 1 heterocycles. The lowest BCUT2D eigenvalue weighted by atomic mass is 9.83. The maximum Gasteiger partial charge on any atom is 0.0657 e. The lowest BCUT2D eigenvalue weighted by Crippen LogP contribution is -2.51. The van der Waals surface area contributed by atoms with Gasteiger partial charge in [0.05, 0.1) is 6.07 Å². The van der Waals surface area contributed by atoms with Gasteiger partial charge in [0, 0.05) is 18.0 Å². The Balaban J connectivity index is 2.59. The number of nitriles is 1. The predicted octanol–water partition coefficient (Wildman–Crippen LogP) is 2.66. The first-order chi connectivity index (χ1) is 6.45. The Hall–Kier alpha value is -0.550. The van der Waals surface area contributed by atoms with Crippen LogP contribution in [0.25, 0.3) is 0 Å². The highest BCUT2D eigenvalue weighted by Crippen LogP contribution is 2.31. The van der Waals surface area contributed by atoms with E-state index in [2.05, 4.69) is 38.7 Å². The zero-order valence-electron chi connectivity index (χ0n) is 9.88. The molecule has 0 aliphatic carbocycles. The molecule has 14 heavy (non-hydrogen) atoms. The molecule has 0 N–H and O–H groups in total. The smallest absolute Gasteiger partial charge is 0.0657 e. The summed E-state index contributed by atoms with van der Waals surface area (Å²) in [5, 5.41) is 8.92. The van der Waals surface area contributed by atoms with E-state index < -0.39 is 0 Å². The Morgan fingerprint density at radius 3 is 2.57 bits per heavy atom. The maximum atomic E-state index is 8.92. The minimum atomic E-state index is 0.211. The molecule has 0 aromatic carbocycles. The molecule has 1 aliphatic heterocycles. The Morgan fingerprint density at radius 1 is 1.50 bits per heavy atom. The van der Waals surface area contributed by atoms with Gasteiger partial charge in [0.25, 0.3) is 0 Å². The molecule has 0 aromatic rings. The second-order valence-corrected chi connectivity index (χ2v) is 5.47. The fraction of sp³-hybridized carbons (Fsp3) is 0.917. The molecule has 0 bridgehead atoms. The lowest BCUT2D eigenvalue weighted by molar-refractivity contribution is 0.0495. The molecular formula is C12H22N2. The van der Waals surface area contributed by atoms with Crippen molar-refractivity contribution in [3.8, 4) is 6.07 Å². The molecule has 1 atom stereocenters. The average molecular weight is 194 g/mol. The van der Waals surface area contributed by atoms with Crippen molar-refractivity contribution < 1.29 is 0 Å². The van der Waals surface area contributed by atoms with E-state index in [1.54, 1.807) is 0 Å². The molecular weight excluding hydrogens is 172 g/mol. The molecule has 80 valence electrons. The van der Waals surface area contributed by atoms with Crippen molar-refractivity contribution in [3.63, 3.8) is 0 Å². The molecule has 2 heteroatoms. The monoisotopic (exact) mass is 194 g/mol. The quantitative estimate of drug-likeness (QED) is 0.675. The Morgan fingerprint density at radius 2 is 2.14 bits per heavy atom. The molecule has 1 rings (SSSR count). The molecule has 0 radical (unpaired) electrons. The summed E-state index contributed by atoms with van der Waals surface area (Å²) in [6, 6.07) is 2.41. The van der Waals surface area contributed by atoms with E-state index in [0.717, 1.165) is 25.9 Å². The summed E-state index contributed by atoms with van der Waals surface area (Å²) in [6.45, 7) is 11.3. The second kappa shape index (κ2) is 4.31. The summed E-state index contributed by atoms with van der Waals surface area (Å²) >= 11 is 0. The fourth-order valence-corrected chi connectivity index (χ4v) is 2.34. The largest absolute Gasteiger partial charge is 0.298 e. The zero-order chi connectivity index (χ0) is 10.8. The number of hydrogen-bond donors (Lipinski definition) is 0. The van der Waals surface area contributed by atoms with Gasteiger partial charge in [-0.25, -0.2) is 0 Å². The number of likely N-dealkylation sites (tertiary alicyclic amines) is 1. The van der Waals surface area contributed by atoms with Gasteiger partial charge in [0.1, 0.15) is 0 Å². The van der Waals surface area contributed by atoms with Gasteiger partial charge in [-0.3, -0.25) is 4.90 Å². The van der Waals surface area contributed by atoms with Gasteiger partial charge >= 0.3 is 0 Å². The van der Waals surface area contributed by atoms with Crippen LogP contribution in [-0.4, -0.2) is 23.5 Å². The first-order valence-corrected chi connectivity index (χ1v) is 5.60. The highest BCUT2D eigenvalue weighted by Gasteiger charge is 2.34. The zero-order valence-corrected chi connectivity index (χ0v) is 9.88. The number of piperidine rings is 1. The first kappa shape index (κ1) is 11.5. The Kier molecular flexibility index (Phi) is 3.55. The number of hydrogen-bond acceptors (Lipinski definition) is 2. The Labute approximate surface area is 87.9 Å². The number of nitrogens with zero attached hydrogens (tertiary/aromatic N) is 2. The van der Waals surface area contributed by atoms with Crippen LogP contribution in [0.15, 0.2) is 0 Å². The molecule has 1 saturated heterocycles. The number of rotatable bonds is 2. The van der Waals surface area contributed by atoms with E-state index >= 15 is 0 Å². The van der Waals surface area contributed by atoms with Crippen LogP contribution in [0.1, 0.15) is 40.5 Å². The summed E-state index contributed by atoms with van der Waals surface area (Å²) in [4.78, 5) is 2.53. The third-order valence-corrected chi connectivity index (χ3v) is 3.12. The standard InChI is InChI=1S/C12H22N2/c1-10(2)9-14-6-5-11(8-13)7-12(14,3)4/h10-11H,5-7,9H2,1-4H3. The molecule has 0 amide bonds. The van der Waals surface area contributed by atoms with Crippen LogP contribution >= 0.6 is 0 Å². The topological polar surface area (TPSA) is 27.0 Å². The van der Waals surface area contributed by atoms with Crippen LogP contribution in [0.5, 0.6) is 0 Å². The van der Waals surface area contributed by atoms with Crippen molar-refractivity contribution in [2.24, 2.45) is 11.8 Å². The van der Waals surface area contributed by atoms with Crippen LogP contribution in [0.2, 0.25) is 0 Å². The summed E-state index contributed by atoms with van der Waals surface area (Å²) in [5.74, 6) is 0.987. The highest BCUT2D eigenvalue weighted by molar-refractivity contribution is 4.97. The van der Waals surface area contributed by atoms with E-state index in [9.17, 15) is 0 Å². The maximum absolute atomic E-state index is 8.92. The summed E-state index contributed by atoms with van der Waals surface area (Å²) in [7, 11) is 0. The SMILES string of the molecule is CC(C)CN1CCC(C#N)CC1(C)C. The molecule has 1 unspecified atom stereocenters. The van der Waals surface area contributed by atoms with Crippen molar-refractivity contribution in [2.75, 3.05) is 13.1 Å². The Bertz CT molecular complexity index is 225. The highest BCUT2D eigenvalue weighted by atomic mass is 15.2. The summed E-state index contributed by atoms with van der Waals surface area (Å²) in [6.07, 6.45) is 2.07. The molecule has 1 aliphatic rings. The van der Waals surface area contributed by atoms with Crippen molar-refractivity contribution >= 4 is 0 Å². The van der Waals surface area contributed by atoms with Crippen LogP contribution < -0.4 is 0 Å². The molecule has 0 spiro atoms. The summed E-state index contributed by atoms with van der Waals surface area (Å²) in [5.41, 5.74) is 0.211. The van der Waals surface area contributed by atoms with Crippen molar-refractivity contribution in [1.29, 1.82) is 5.26 Å². The van der Waals surface area contributed by atoms with Gasteiger partial charge in [0.2, 0.25) is 0 Å². The van der Waals surface area contributed by atoms with Gasteiger partial charge < -0.3 is 0 Å². The van der Waals surface area contributed by atoms with E-state index in [1.165, 1.54) is 0 Å². The van der Waals surface area contributed by atoms with E-state index in [1.807, 2.05) is 0 Å². The van der Waals surface area contributed by atoms with Gasteiger partial charge in [-0.05, 0) is 39.2 Å². The van der Waals surface area contributed by atoms with Crippen molar-refractivity contribution in [2.45, 2.75) is 46.1 Å². The third kappa shape index (κ3) is 2.72. The van der Waals surface area contributed by atoms with Gasteiger partial charge in [-0.2, -0.15) is 5.26 Å². The van der Waals surface area contributed by atoms with Crippen LogP contribution in [0, 0.1) is 23.2 Å². The normalized spacial score (nSPS) is 27.6. The van der Waals surface area contributed by atoms with E-state index in [0.29, 0.717) is 5.92 Å². The molecule has 0 aromatic heterocycles. The second-order valence-electron chi connectivity index (χ2n) is 5.47. The van der Waals surface area contributed by atoms with E-state index in [4.69, 9.17) is 5.26 Å². The predicted molar refractivity (Wildman–Crippen MR) is 58.8 cm³/mol. The van der Waals surface area contributed by atoms with Crippen molar-refractivity contribution in [1.82, 2.24) is 4.90 Å². The summed E-state index contributed by atoms with van der Waals surface area (Å²) < 4.78 is 0. The molecule has 1 fully saturated rings. The minimum absolute atomic E-state index is 0.211. The fourth-order valence-electron chi connectivity index (χ4n) is 2.34. The van der Waals surface area contributed by atoms with Gasteiger partial charge in [-0.15, -0.1) is 0 Å². The first-order valence-electron chi connectivity index (χ1n) is 5.60. The van der Waals surface area contributed by atoms with Crippen molar-refractivity contribution in [3.05, 3.63) is 0 Å². The van der Waals surface area contributed by atoms with Gasteiger partial charge in [-0.1, -0.05) is 13.8 Å².